The van der Waals surface area contributed by atoms with E-state index in [1.54, 1.807) is 6.07 Å². The number of pyridine rings is 2. The van der Waals surface area contributed by atoms with Crippen molar-refractivity contribution in [2.45, 2.75) is 12.7 Å². The summed E-state index contributed by atoms with van der Waals surface area (Å²) in [5, 5.41) is 0. The zero-order valence-electron chi connectivity index (χ0n) is 13.2. The second-order valence-corrected chi connectivity index (χ2v) is 5.56. The topological polar surface area (TPSA) is 48.0 Å². The molecule has 0 amide bonds. The molecular weight excluding hydrogens is 350 g/mol. The Morgan fingerprint density at radius 3 is 2.58 bits per heavy atom. The highest BCUT2D eigenvalue weighted by molar-refractivity contribution is 5.50. The number of nitrogens with zero attached hydrogens (tertiary/aromatic N) is 5. The monoisotopic (exact) mass is 361 g/mol. The van der Waals surface area contributed by atoms with Gasteiger partial charge in [0.2, 0.25) is 5.95 Å². The number of halogens is 4. The van der Waals surface area contributed by atoms with Crippen LogP contribution in [0.25, 0.3) is 17.2 Å². The molecule has 132 valence electrons. The van der Waals surface area contributed by atoms with E-state index in [9.17, 15) is 17.6 Å². The molecule has 0 aromatic carbocycles. The number of aromatic nitrogens is 5. The van der Waals surface area contributed by atoms with Crippen LogP contribution in [0.2, 0.25) is 0 Å². The van der Waals surface area contributed by atoms with Crippen LogP contribution in [0.4, 0.5) is 17.6 Å². The van der Waals surface area contributed by atoms with E-state index in [1.807, 2.05) is 0 Å². The molecule has 0 saturated heterocycles. The van der Waals surface area contributed by atoms with Crippen LogP contribution in [0.3, 0.4) is 0 Å². The van der Waals surface area contributed by atoms with Crippen molar-refractivity contribution < 1.29 is 17.6 Å². The lowest BCUT2D eigenvalue weighted by Gasteiger charge is -2.11. The van der Waals surface area contributed by atoms with Crippen LogP contribution < -0.4 is 0 Å². The van der Waals surface area contributed by atoms with E-state index in [4.69, 9.17) is 0 Å². The standard InChI is InChI=1S/C17H11F4N5/c18-13-5-3-4-11(23-13)16-22-7-9-25(16)10-12-15(17(19,20)21)26-8-2-1-6-14(26)24-12/h1-9H,10H2. The average molecular weight is 361 g/mol. The van der Waals surface area contributed by atoms with E-state index in [2.05, 4.69) is 15.0 Å². The third-order valence-corrected chi connectivity index (χ3v) is 3.85. The second kappa shape index (κ2) is 5.94. The van der Waals surface area contributed by atoms with Crippen molar-refractivity contribution >= 4 is 5.65 Å². The number of fused-ring (bicyclic) bond motifs is 1. The van der Waals surface area contributed by atoms with E-state index in [0.717, 1.165) is 4.40 Å². The van der Waals surface area contributed by atoms with E-state index < -0.39 is 17.8 Å². The minimum atomic E-state index is -4.58. The molecule has 4 aromatic heterocycles. The largest absolute Gasteiger partial charge is 0.433 e. The summed E-state index contributed by atoms with van der Waals surface area (Å²) in [5.41, 5.74) is -0.577. The van der Waals surface area contributed by atoms with Crippen molar-refractivity contribution in [3.05, 3.63) is 72.3 Å². The number of imidazole rings is 2. The van der Waals surface area contributed by atoms with Gasteiger partial charge in [-0.3, -0.25) is 4.40 Å². The van der Waals surface area contributed by atoms with Crippen molar-refractivity contribution in [2.75, 3.05) is 0 Å². The van der Waals surface area contributed by atoms with Gasteiger partial charge >= 0.3 is 6.18 Å². The van der Waals surface area contributed by atoms with Crippen LogP contribution in [-0.2, 0) is 12.7 Å². The molecular formula is C17H11F4N5. The molecule has 0 aliphatic heterocycles. The Balaban J connectivity index is 1.81. The lowest BCUT2D eigenvalue weighted by molar-refractivity contribution is -0.142. The third kappa shape index (κ3) is 2.81. The Morgan fingerprint density at radius 2 is 1.81 bits per heavy atom. The summed E-state index contributed by atoms with van der Waals surface area (Å²) in [7, 11) is 0. The Bertz CT molecular complexity index is 1080. The molecule has 5 nitrogen and oxygen atoms in total. The molecule has 26 heavy (non-hydrogen) atoms. The van der Waals surface area contributed by atoms with Gasteiger partial charge in [-0.1, -0.05) is 12.1 Å². The maximum Gasteiger partial charge on any atom is 0.433 e. The van der Waals surface area contributed by atoms with Crippen molar-refractivity contribution in [1.82, 2.24) is 23.9 Å². The van der Waals surface area contributed by atoms with Crippen LogP contribution in [-0.4, -0.2) is 23.9 Å². The van der Waals surface area contributed by atoms with Crippen LogP contribution >= 0.6 is 0 Å². The molecule has 4 aromatic rings. The summed E-state index contributed by atoms with van der Waals surface area (Å²) in [4.78, 5) is 11.9. The lowest BCUT2D eigenvalue weighted by Crippen LogP contribution is -2.14. The average Bonchev–Trinajstić information content (AvgIpc) is 3.18. The molecule has 0 aliphatic rings. The third-order valence-electron chi connectivity index (χ3n) is 3.85. The summed E-state index contributed by atoms with van der Waals surface area (Å²) in [6.07, 6.45) is -0.331. The molecule has 0 radical (unpaired) electrons. The summed E-state index contributed by atoms with van der Waals surface area (Å²) >= 11 is 0. The van der Waals surface area contributed by atoms with Gasteiger partial charge < -0.3 is 4.57 Å². The molecule has 0 unspecified atom stereocenters. The molecule has 4 rings (SSSR count). The SMILES string of the molecule is Fc1cccc(-c2nccn2Cc2nc3ccccn3c2C(F)(F)F)n1. The molecule has 9 heteroatoms. The van der Waals surface area contributed by atoms with Crippen LogP contribution in [0, 0.1) is 5.95 Å². The molecule has 0 spiro atoms. The van der Waals surface area contributed by atoms with Gasteiger partial charge in [-0.05, 0) is 24.3 Å². The van der Waals surface area contributed by atoms with Crippen molar-refractivity contribution in [3.63, 3.8) is 0 Å². The zero-order chi connectivity index (χ0) is 18.3. The van der Waals surface area contributed by atoms with Gasteiger partial charge in [-0.15, -0.1) is 0 Å². The highest BCUT2D eigenvalue weighted by Crippen LogP contribution is 2.33. The minimum Gasteiger partial charge on any atom is -0.324 e. The molecule has 0 atom stereocenters. The fraction of sp³-hybridized carbons (Fsp3) is 0.118. The summed E-state index contributed by atoms with van der Waals surface area (Å²) in [5.74, 6) is -0.435. The molecule has 0 saturated carbocycles. The normalized spacial score (nSPS) is 12.0. The highest BCUT2D eigenvalue weighted by atomic mass is 19.4. The maximum absolute atomic E-state index is 13.6. The minimum absolute atomic E-state index is 0.153. The van der Waals surface area contributed by atoms with Gasteiger partial charge in [0.1, 0.15) is 11.3 Å². The highest BCUT2D eigenvalue weighted by Gasteiger charge is 2.38. The molecule has 0 N–H and O–H groups in total. The Kier molecular flexibility index (Phi) is 3.71. The first-order valence-electron chi connectivity index (χ1n) is 7.61. The first-order chi connectivity index (χ1) is 12.4. The van der Waals surface area contributed by atoms with Crippen molar-refractivity contribution in [1.29, 1.82) is 0 Å². The van der Waals surface area contributed by atoms with Gasteiger partial charge in [-0.25, -0.2) is 15.0 Å². The van der Waals surface area contributed by atoms with Crippen LogP contribution in [0.15, 0.2) is 55.0 Å². The number of hydrogen-bond acceptors (Lipinski definition) is 3. The summed E-state index contributed by atoms with van der Waals surface area (Å²) in [6.45, 7) is -0.177. The molecule has 4 heterocycles. The summed E-state index contributed by atoms with van der Waals surface area (Å²) < 4.78 is 56.5. The quantitative estimate of drug-likeness (QED) is 0.412. The molecule has 0 fully saturated rings. The van der Waals surface area contributed by atoms with Gasteiger partial charge in [0.15, 0.2) is 11.5 Å². The number of alkyl halides is 3. The van der Waals surface area contributed by atoms with Crippen molar-refractivity contribution in [2.24, 2.45) is 0 Å². The first-order valence-corrected chi connectivity index (χ1v) is 7.61. The van der Waals surface area contributed by atoms with E-state index >= 15 is 0 Å². The fourth-order valence-electron chi connectivity index (χ4n) is 2.82. The smallest absolute Gasteiger partial charge is 0.324 e. The molecule has 0 aliphatic carbocycles. The Morgan fingerprint density at radius 1 is 0.962 bits per heavy atom. The van der Waals surface area contributed by atoms with Gasteiger partial charge in [-0.2, -0.15) is 17.6 Å². The van der Waals surface area contributed by atoms with Gasteiger partial charge in [0.05, 0.1) is 12.2 Å². The Hall–Kier alpha value is -3.23. The van der Waals surface area contributed by atoms with E-state index in [-0.39, 0.29) is 29.4 Å². The number of hydrogen-bond donors (Lipinski definition) is 0. The van der Waals surface area contributed by atoms with E-state index in [0.29, 0.717) is 0 Å². The second-order valence-electron chi connectivity index (χ2n) is 5.56. The predicted octanol–water partition coefficient (Wildman–Crippen LogP) is 3.80. The first kappa shape index (κ1) is 16.2. The summed E-state index contributed by atoms with van der Waals surface area (Å²) in [6, 6.07) is 8.81. The zero-order valence-corrected chi connectivity index (χ0v) is 13.2. The molecule has 0 bridgehead atoms. The van der Waals surface area contributed by atoms with Crippen LogP contribution in [0.5, 0.6) is 0 Å². The predicted molar refractivity (Wildman–Crippen MR) is 84.7 cm³/mol. The lowest BCUT2D eigenvalue weighted by atomic mass is 10.3. The fourth-order valence-corrected chi connectivity index (χ4v) is 2.82. The Labute approximate surface area is 144 Å². The maximum atomic E-state index is 13.6. The van der Waals surface area contributed by atoms with Crippen molar-refractivity contribution in [3.8, 4) is 11.5 Å². The number of rotatable bonds is 3. The van der Waals surface area contributed by atoms with Crippen LogP contribution in [0.1, 0.15) is 11.4 Å². The van der Waals surface area contributed by atoms with E-state index in [1.165, 1.54) is 53.5 Å². The van der Waals surface area contributed by atoms with Gasteiger partial charge in [0.25, 0.3) is 0 Å². The van der Waals surface area contributed by atoms with Gasteiger partial charge in [0, 0.05) is 18.6 Å².